The van der Waals surface area contributed by atoms with Gasteiger partial charge in [-0.15, -0.1) is 0 Å². The molecule has 0 aromatic carbocycles. The standard InChI is InChI=1S/HIO2S2/c1-5(2,3)4/h(H,2,3,4). The molecule has 0 aliphatic rings. The van der Waals surface area contributed by atoms with E-state index in [4.69, 9.17) is 0 Å². The summed E-state index contributed by atoms with van der Waals surface area (Å²) < 4.78 is 19.0. The largest absolute Gasteiger partial charge is 0.251 e. The van der Waals surface area contributed by atoms with Gasteiger partial charge in [0.05, 0.1) is 21.2 Å². The molecule has 0 saturated carbocycles. The molecule has 0 spiro atoms. The minimum Gasteiger partial charge on any atom is -0.207 e. The molecule has 0 amide bonds. The zero-order valence-electron chi connectivity index (χ0n) is 2.05. The molecule has 0 aromatic rings. The molecule has 2 nitrogen and oxygen atoms in total. The fourth-order valence-electron chi connectivity index (χ4n) is 0. The van der Waals surface area contributed by atoms with E-state index in [0.29, 0.717) is 0 Å². The van der Waals surface area contributed by atoms with E-state index >= 15 is 0 Å². The van der Waals surface area contributed by atoms with Crippen LogP contribution in [0.5, 0.6) is 0 Å². The highest BCUT2D eigenvalue weighted by Crippen LogP contribution is 2.03. The van der Waals surface area contributed by atoms with Crippen LogP contribution in [0.3, 0.4) is 0 Å². The van der Waals surface area contributed by atoms with Crippen molar-refractivity contribution in [1.82, 2.24) is 0 Å². The summed E-state index contributed by atoms with van der Waals surface area (Å²) >= 11 is 4.30. The summed E-state index contributed by atoms with van der Waals surface area (Å²) in [4.78, 5) is 0. The Bertz CT molecular complexity index is 90.8. The van der Waals surface area contributed by atoms with Gasteiger partial charge in [0.2, 0.25) is 0 Å². The molecule has 0 rings (SSSR count). The first-order valence-corrected chi connectivity index (χ1v) is 5.75. The summed E-state index contributed by atoms with van der Waals surface area (Å²) in [6, 6.07) is -3.00. The number of halogens is 1. The first kappa shape index (κ1) is 6.03. The molecule has 32 valence electrons. The molecule has 0 fully saturated rings. The van der Waals surface area contributed by atoms with E-state index in [0.717, 1.165) is 0 Å². The van der Waals surface area contributed by atoms with E-state index in [1.165, 1.54) is 21.2 Å². The first-order valence-electron chi connectivity index (χ1n) is 0.670. The van der Waals surface area contributed by atoms with Crippen LogP contribution in [0, 0.1) is 0 Å². The van der Waals surface area contributed by atoms with Gasteiger partial charge in [0.25, 0.3) is 6.04 Å². The second kappa shape index (κ2) is 1.65. The van der Waals surface area contributed by atoms with Gasteiger partial charge in [0.1, 0.15) is 0 Å². The number of rotatable bonds is 0. The van der Waals surface area contributed by atoms with E-state index in [9.17, 15) is 8.42 Å². The zero-order chi connectivity index (χ0) is 4.50. The van der Waals surface area contributed by atoms with Crippen LogP contribution >= 0.6 is 32.9 Å². The Labute approximate surface area is 47.3 Å². The molecular weight excluding hydrogens is 223 g/mol. The van der Waals surface area contributed by atoms with Crippen molar-refractivity contribution in [2.75, 3.05) is 0 Å². The molecule has 0 unspecified atom stereocenters. The Morgan fingerprint density at radius 1 is 1.60 bits per heavy atom. The molecule has 0 heterocycles. The van der Waals surface area contributed by atoms with Crippen molar-refractivity contribution in [3.63, 3.8) is 0 Å². The van der Waals surface area contributed by atoms with Gasteiger partial charge in [-0.25, -0.2) is 8.42 Å². The van der Waals surface area contributed by atoms with Crippen molar-refractivity contribution < 1.29 is 8.42 Å². The van der Waals surface area contributed by atoms with Gasteiger partial charge in [-0.05, 0) is 11.7 Å². The Balaban J connectivity index is 4.06. The molecule has 0 aliphatic heterocycles. The molecule has 5 heavy (non-hydrogen) atoms. The van der Waals surface area contributed by atoms with Crippen molar-refractivity contribution >= 4 is 38.9 Å². The minimum absolute atomic E-state index is 1.21. The second-order valence-corrected chi connectivity index (χ2v) is 8.25. The second-order valence-electron chi connectivity index (χ2n) is 0.412. The smallest absolute Gasteiger partial charge is 0.207 e. The third kappa shape index (κ3) is 43.5. The lowest BCUT2D eigenvalue weighted by molar-refractivity contribution is 0.625. The zero-order valence-corrected chi connectivity index (χ0v) is 5.92. The maximum Gasteiger partial charge on any atom is 0.251 e. The van der Waals surface area contributed by atoms with E-state index in [2.05, 4.69) is 11.7 Å². The van der Waals surface area contributed by atoms with Crippen LogP contribution in [0.15, 0.2) is 0 Å². The monoisotopic (exact) mass is 224 g/mol. The predicted molar refractivity (Wildman–Crippen MR) is 31.9 cm³/mol. The Hall–Kier alpha value is 1.03. The summed E-state index contributed by atoms with van der Waals surface area (Å²) in [6.45, 7) is 0. The van der Waals surface area contributed by atoms with Crippen LogP contribution in [-0.4, -0.2) is 8.42 Å². The van der Waals surface area contributed by atoms with E-state index in [-0.39, 0.29) is 0 Å². The highest BCUT2D eigenvalue weighted by atomic mass is 127. The van der Waals surface area contributed by atoms with Crippen molar-refractivity contribution in [2.45, 2.75) is 0 Å². The molecule has 0 N–H and O–H groups in total. The van der Waals surface area contributed by atoms with Gasteiger partial charge < -0.3 is 0 Å². The highest BCUT2D eigenvalue weighted by molar-refractivity contribution is 14.2. The minimum atomic E-state index is -3.00. The number of hydrogen-bond donors (Lipinski definition) is 1. The molecule has 0 aromatic heterocycles. The van der Waals surface area contributed by atoms with Crippen LogP contribution in [0.1, 0.15) is 0 Å². The van der Waals surface area contributed by atoms with E-state index in [1.54, 1.807) is 0 Å². The summed E-state index contributed by atoms with van der Waals surface area (Å²) in [6.07, 6.45) is 0. The van der Waals surface area contributed by atoms with Gasteiger partial charge in [-0.2, -0.15) is 0 Å². The van der Waals surface area contributed by atoms with Gasteiger partial charge in [0.15, 0.2) is 0 Å². The van der Waals surface area contributed by atoms with Crippen molar-refractivity contribution in [3.8, 4) is 0 Å². The normalized spacial score (nSPS) is 11.6. The maximum atomic E-state index is 9.48. The van der Waals surface area contributed by atoms with E-state index < -0.39 is 6.04 Å². The molecule has 0 atom stereocenters. The SMILES string of the molecule is O=S(=O)(S)I. The van der Waals surface area contributed by atoms with Gasteiger partial charge in [0, 0.05) is 0 Å². The van der Waals surface area contributed by atoms with E-state index in [1.807, 2.05) is 0 Å². The number of thiol groups is 1. The topological polar surface area (TPSA) is 34.1 Å². The fraction of sp³-hybridized carbons (Fsp3) is 0. The van der Waals surface area contributed by atoms with Crippen molar-refractivity contribution in [3.05, 3.63) is 0 Å². The third-order valence-electron chi connectivity index (χ3n) is 0. The average Bonchev–Trinajstić information content (AvgIpc) is 0.722. The molecule has 0 aliphatic carbocycles. The molecule has 0 saturated heterocycles. The summed E-state index contributed by atoms with van der Waals surface area (Å²) in [7, 11) is 0. The third-order valence-corrected chi connectivity index (χ3v) is 0. The molecule has 0 radical (unpaired) electrons. The molecule has 0 bridgehead atoms. The Morgan fingerprint density at radius 2 is 1.60 bits per heavy atom. The summed E-state index contributed by atoms with van der Waals surface area (Å²) in [5, 5.41) is 0. The summed E-state index contributed by atoms with van der Waals surface area (Å²) in [5.41, 5.74) is 0. The molecular formula is HIO2S2. The first-order chi connectivity index (χ1) is 2.00. The lowest BCUT2D eigenvalue weighted by Gasteiger charge is -1.64. The van der Waals surface area contributed by atoms with Crippen LogP contribution in [0.25, 0.3) is 0 Å². The Kier molecular flexibility index (Phi) is 1.99. The fourth-order valence-corrected chi connectivity index (χ4v) is 0. The molecule has 5 heteroatoms. The summed E-state index contributed by atoms with van der Waals surface area (Å²) in [5.74, 6) is 0. The Morgan fingerprint density at radius 3 is 1.60 bits per heavy atom. The van der Waals surface area contributed by atoms with Gasteiger partial charge >= 0.3 is 0 Å². The van der Waals surface area contributed by atoms with Crippen LogP contribution < -0.4 is 0 Å². The highest BCUT2D eigenvalue weighted by Gasteiger charge is 1.84. The van der Waals surface area contributed by atoms with Crippen molar-refractivity contribution in [1.29, 1.82) is 0 Å². The van der Waals surface area contributed by atoms with Crippen LogP contribution in [-0.2, 0) is 6.04 Å². The van der Waals surface area contributed by atoms with Gasteiger partial charge in [-0.3, -0.25) is 0 Å². The predicted octanol–water partition coefficient (Wildman–Crippen LogP) is 0.596. The average molecular weight is 224 g/mol. The number of hydrogen-bond acceptors (Lipinski definition) is 2. The van der Waals surface area contributed by atoms with Crippen molar-refractivity contribution in [2.24, 2.45) is 0 Å². The van der Waals surface area contributed by atoms with Crippen LogP contribution in [0.4, 0.5) is 0 Å². The maximum absolute atomic E-state index is 9.48. The quantitative estimate of drug-likeness (QED) is 0.283. The lowest BCUT2D eigenvalue weighted by Crippen LogP contribution is -1.62. The lowest BCUT2D eigenvalue weighted by atomic mass is 15.9. The van der Waals surface area contributed by atoms with Gasteiger partial charge in [-0.1, -0.05) is 0 Å². The van der Waals surface area contributed by atoms with Crippen LogP contribution in [0.2, 0.25) is 0 Å².